The maximum atomic E-state index is 13.0. The van der Waals surface area contributed by atoms with Gasteiger partial charge in [-0.05, 0) is 37.1 Å². The number of benzene rings is 1. The van der Waals surface area contributed by atoms with Crippen molar-refractivity contribution in [2.45, 2.75) is 65.2 Å². The number of halogens is 1. The van der Waals surface area contributed by atoms with Crippen LogP contribution >= 0.6 is 0 Å². The van der Waals surface area contributed by atoms with E-state index in [1.165, 1.54) is 57.1 Å². The third-order valence-corrected chi connectivity index (χ3v) is 3.75. The molecule has 0 spiro atoms. The SMILES string of the molecule is CCCCCCN(CCCCCC)c1ccc(F)cc1. The normalized spacial score (nSPS) is 10.8. The zero-order valence-electron chi connectivity index (χ0n) is 13.2. The fraction of sp³-hybridized carbons (Fsp3) is 0.667. The molecular formula is C18H30FN. The molecule has 0 aliphatic rings. The van der Waals surface area contributed by atoms with Crippen molar-refractivity contribution >= 4 is 5.69 Å². The summed E-state index contributed by atoms with van der Waals surface area (Å²) in [5.41, 5.74) is 1.17. The van der Waals surface area contributed by atoms with E-state index in [1.54, 1.807) is 12.1 Å². The lowest BCUT2D eigenvalue weighted by Gasteiger charge is -2.25. The Morgan fingerprint density at radius 1 is 0.750 bits per heavy atom. The number of nitrogens with zero attached hydrogens (tertiary/aromatic N) is 1. The summed E-state index contributed by atoms with van der Waals surface area (Å²) in [6.45, 7) is 6.67. The van der Waals surface area contributed by atoms with Crippen LogP contribution < -0.4 is 4.90 Å². The van der Waals surface area contributed by atoms with Gasteiger partial charge in [0.1, 0.15) is 5.82 Å². The summed E-state index contributed by atoms with van der Waals surface area (Å²) in [6, 6.07) is 6.96. The summed E-state index contributed by atoms with van der Waals surface area (Å²) >= 11 is 0. The van der Waals surface area contributed by atoms with E-state index in [0.29, 0.717) is 0 Å². The standard InChI is InChI=1S/C18H30FN/c1-3-5-7-9-15-20(16-10-8-6-4-2)18-13-11-17(19)12-14-18/h11-14H,3-10,15-16H2,1-2H3. The third kappa shape index (κ3) is 6.93. The van der Waals surface area contributed by atoms with Crippen molar-refractivity contribution in [1.29, 1.82) is 0 Å². The molecule has 0 saturated heterocycles. The number of rotatable bonds is 11. The molecule has 0 radical (unpaired) electrons. The summed E-state index contributed by atoms with van der Waals surface area (Å²) in [7, 11) is 0. The second-order valence-electron chi connectivity index (χ2n) is 5.58. The minimum atomic E-state index is -0.148. The Labute approximate surface area is 124 Å². The fourth-order valence-corrected chi connectivity index (χ4v) is 2.48. The van der Waals surface area contributed by atoms with Gasteiger partial charge in [-0.3, -0.25) is 0 Å². The first-order valence-electron chi connectivity index (χ1n) is 8.28. The topological polar surface area (TPSA) is 3.24 Å². The molecule has 20 heavy (non-hydrogen) atoms. The summed E-state index contributed by atoms with van der Waals surface area (Å²) in [5.74, 6) is -0.148. The molecular weight excluding hydrogens is 249 g/mol. The van der Waals surface area contributed by atoms with Gasteiger partial charge in [-0.15, -0.1) is 0 Å². The summed E-state index contributed by atoms with van der Waals surface area (Å²) in [6.07, 6.45) is 10.2. The molecule has 0 unspecified atom stereocenters. The molecule has 0 fully saturated rings. The van der Waals surface area contributed by atoms with Crippen LogP contribution in [0.1, 0.15) is 65.2 Å². The van der Waals surface area contributed by atoms with Crippen molar-refractivity contribution in [2.75, 3.05) is 18.0 Å². The first-order chi connectivity index (χ1) is 9.77. The predicted octanol–water partition coefficient (Wildman–Crippen LogP) is 5.79. The highest BCUT2D eigenvalue weighted by Crippen LogP contribution is 2.17. The van der Waals surface area contributed by atoms with E-state index in [2.05, 4.69) is 18.7 Å². The first-order valence-corrected chi connectivity index (χ1v) is 8.28. The number of unbranched alkanes of at least 4 members (excludes halogenated alkanes) is 6. The van der Waals surface area contributed by atoms with Crippen LogP contribution in [0, 0.1) is 5.82 Å². The molecule has 1 aromatic rings. The molecule has 1 nitrogen and oxygen atoms in total. The second kappa shape index (κ2) is 10.7. The van der Waals surface area contributed by atoms with Gasteiger partial charge in [-0.2, -0.15) is 0 Å². The Kier molecular flexibility index (Phi) is 9.10. The maximum absolute atomic E-state index is 13.0. The monoisotopic (exact) mass is 279 g/mol. The van der Waals surface area contributed by atoms with Gasteiger partial charge in [0.05, 0.1) is 0 Å². The quantitative estimate of drug-likeness (QED) is 0.463. The van der Waals surface area contributed by atoms with E-state index in [9.17, 15) is 4.39 Å². The van der Waals surface area contributed by atoms with Gasteiger partial charge in [0.15, 0.2) is 0 Å². The van der Waals surface area contributed by atoms with Crippen LogP contribution in [0.4, 0.5) is 10.1 Å². The summed E-state index contributed by atoms with van der Waals surface area (Å²) < 4.78 is 13.0. The van der Waals surface area contributed by atoms with E-state index < -0.39 is 0 Å². The zero-order chi connectivity index (χ0) is 14.6. The van der Waals surface area contributed by atoms with Gasteiger partial charge in [0, 0.05) is 18.8 Å². The highest BCUT2D eigenvalue weighted by Gasteiger charge is 2.06. The predicted molar refractivity (Wildman–Crippen MR) is 86.9 cm³/mol. The minimum Gasteiger partial charge on any atom is -0.372 e. The average molecular weight is 279 g/mol. The minimum absolute atomic E-state index is 0.148. The van der Waals surface area contributed by atoms with E-state index in [-0.39, 0.29) is 5.82 Å². The van der Waals surface area contributed by atoms with Gasteiger partial charge in [-0.1, -0.05) is 52.4 Å². The molecule has 0 atom stereocenters. The Morgan fingerprint density at radius 3 is 1.70 bits per heavy atom. The molecule has 0 aliphatic carbocycles. The van der Waals surface area contributed by atoms with Crippen LogP contribution in [0.15, 0.2) is 24.3 Å². The molecule has 0 saturated carbocycles. The smallest absolute Gasteiger partial charge is 0.123 e. The lowest BCUT2D eigenvalue weighted by Crippen LogP contribution is -2.25. The lowest BCUT2D eigenvalue weighted by molar-refractivity contribution is 0.606. The Balaban J connectivity index is 2.47. The highest BCUT2D eigenvalue weighted by atomic mass is 19.1. The fourth-order valence-electron chi connectivity index (χ4n) is 2.48. The summed E-state index contributed by atoms with van der Waals surface area (Å²) in [4.78, 5) is 2.42. The zero-order valence-corrected chi connectivity index (χ0v) is 13.2. The largest absolute Gasteiger partial charge is 0.372 e. The average Bonchev–Trinajstić information content (AvgIpc) is 2.47. The summed E-state index contributed by atoms with van der Waals surface area (Å²) in [5, 5.41) is 0. The van der Waals surface area contributed by atoms with Gasteiger partial charge in [0.2, 0.25) is 0 Å². The highest BCUT2D eigenvalue weighted by molar-refractivity contribution is 5.46. The molecule has 2 heteroatoms. The van der Waals surface area contributed by atoms with Crippen LogP contribution in [-0.2, 0) is 0 Å². The van der Waals surface area contributed by atoms with Crippen LogP contribution in [0.3, 0.4) is 0 Å². The number of hydrogen-bond acceptors (Lipinski definition) is 1. The van der Waals surface area contributed by atoms with Crippen LogP contribution in [-0.4, -0.2) is 13.1 Å². The van der Waals surface area contributed by atoms with Crippen LogP contribution in [0.25, 0.3) is 0 Å². The van der Waals surface area contributed by atoms with E-state index in [0.717, 1.165) is 13.1 Å². The Morgan fingerprint density at radius 2 is 1.25 bits per heavy atom. The number of hydrogen-bond donors (Lipinski definition) is 0. The maximum Gasteiger partial charge on any atom is 0.123 e. The van der Waals surface area contributed by atoms with Gasteiger partial charge in [-0.25, -0.2) is 4.39 Å². The Bertz CT molecular complexity index is 322. The van der Waals surface area contributed by atoms with Gasteiger partial charge in [0.25, 0.3) is 0 Å². The Hall–Kier alpha value is -1.05. The molecule has 114 valence electrons. The van der Waals surface area contributed by atoms with Gasteiger partial charge >= 0.3 is 0 Å². The molecule has 0 bridgehead atoms. The molecule has 0 aromatic heterocycles. The van der Waals surface area contributed by atoms with Crippen molar-refractivity contribution in [3.05, 3.63) is 30.1 Å². The first kappa shape index (κ1) is 17.0. The van der Waals surface area contributed by atoms with Crippen molar-refractivity contribution in [1.82, 2.24) is 0 Å². The second-order valence-corrected chi connectivity index (χ2v) is 5.58. The lowest BCUT2D eigenvalue weighted by atomic mass is 10.1. The van der Waals surface area contributed by atoms with E-state index in [4.69, 9.17) is 0 Å². The van der Waals surface area contributed by atoms with E-state index >= 15 is 0 Å². The molecule has 0 N–H and O–H groups in total. The van der Waals surface area contributed by atoms with Gasteiger partial charge < -0.3 is 4.90 Å². The molecule has 0 amide bonds. The third-order valence-electron chi connectivity index (χ3n) is 3.75. The molecule has 1 aromatic carbocycles. The molecule has 0 heterocycles. The van der Waals surface area contributed by atoms with Crippen molar-refractivity contribution in [3.8, 4) is 0 Å². The van der Waals surface area contributed by atoms with E-state index in [1.807, 2.05) is 12.1 Å². The van der Waals surface area contributed by atoms with Crippen LogP contribution in [0.2, 0.25) is 0 Å². The van der Waals surface area contributed by atoms with Crippen molar-refractivity contribution in [3.63, 3.8) is 0 Å². The van der Waals surface area contributed by atoms with Crippen molar-refractivity contribution < 1.29 is 4.39 Å². The molecule has 0 aliphatic heterocycles. The number of anilines is 1. The molecule has 1 rings (SSSR count). The van der Waals surface area contributed by atoms with Crippen molar-refractivity contribution in [2.24, 2.45) is 0 Å². The van der Waals surface area contributed by atoms with Crippen LogP contribution in [0.5, 0.6) is 0 Å².